The second kappa shape index (κ2) is 5.45. The van der Waals surface area contributed by atoms with E-state index in [1.54, 1.807) is 0 Å². The van der Waals surface area contributed by atoms with E-state index in [1.165, 1.54) is 42.4 Å². The fourth-order valence-electron chi connectivity index (χ4n) is 3.98. The zero-order valence-corrected chi connectivity index (χ0v) is 12.5. The second-order valence-electron chi connectivity index (χ2n) is 6.92. The topological polar surface area (TPSA) is 41.1 Å². The third-order valence-electron chi connectivity index (χ3n) is 5.53. The molecule has 1 heterocycles. The summed E-state index contributed by atoms with van der Waals surface area (Å²) in [6.07, 6.45) is 6.98. The van der Waals surface area contributed by atoms with Crippen LogP contribution in [0.5, 0.6) is 0 Å². The van der Waals surface area contributed by atoms with Gasteiger partial charge in [-0.15, -0.1) is 0 Å². The molecule has 0 spiro atoms. The Hall–Kier alpha value is -1.35. The van der Waals surface area contributed by atoms with Gasteiger partial charge < -0.3 is 10.6 Å². The zero-order valence-electron chi connectivity index (χ0n) is 12.5. The third-order valence-corrected chi connectivity index (χ3v) is 5.53. The summed E-state index contributed by atoms with van der Waals surface area (Å²) in [4.78, 5) is 12.3. The van der Waals surface area contributed by atoms with Crippen LogP contribution in [0.25, 0.3) is 0 Å². The Balaban J connectivity index is 1.36. The highest BCUT2D eigenvalue weighted by molar-refractivity contribution is 5.79. The van der Waals surface area contributed by atoms with E-state index in [1.807, 2.05) is 0 Å². The number of carbonyl (C=O) groups is 1. The second-order valence-corrected chi connectivity index (χ2v) is 6.92. The van der Waals surface area contributed by atoms with Gasteiger partial charge in [0.2, 0.25) is 5.91 Å². The smallest absolute Gasteiger partial charge is 0.224 e. The molecule has 1 aromatic rings. The van der Waals surface area contributed by atoms with Crippen LogP contribution in [0.2, 0.25) is 0 Å². The van der Waals surface area contributed by atoms with E-state index < -0.39 is 0 Å². The molecule has 3 nitrogen and oxygen atoms in total. The molecule has 21 heavy (non-hydrogen) atoms. The molecule has 2 atom stereocenters. The van der Waals surface area contributed by atoms with Crippen molar-refractivity contribution in [2.24, 2.45) is 11.8 Å². The maximum absolute atomic E-state index is 12.3. The summed E-state index contributed by atoms with van der Waals surface area (Å²) >= 11 is 0. The van der Waals surface area contributed by atoms with Crippen molar-refractivity contribution >= 4 is 5.91 Å². The van der Waals surface area contributed by atoms with E-state index in [0.717, 1.165) is 31.3 Å². The Morgan fingerprint density at radius 1 is 1.33 bits per heavy atom. The lowest BCUT2D eigenvalue weighted by Gasteiger charge is -2.25. The number of nitrogens with one attached hydrogen (secondary N) is 2. The van der Waals surface area contributed by atoms with Crippen LogP contribution in [0.3, 0.4) is 0 Å². The van der Waals surface area contributed by atoms with Crippen LogP contribution >= 0.6 is 0 Å². The quantitative estimate of drug-likeness (QED) is 0.890. The predicted octanol–water partition coefficient (Wildman–Crippen LogP) is 2.18. The van der Waals surface area contributed by atoms with Gasteiger partial charge in [0.15, 0.2) is 0 Å². The van der Waals surface area contributed by atoms with Gasteiger partial charge >= 0.3 is 0 Å². The lowest BCUT2D eigenvalue weighted by atomic mass is 9.81. The van der Waals surface area contributed by atoms with Crippen LogP contribution in [0.4, 0.5) is 0 Å². The molecule has 3 aliphatic rings. The molecule has 2 N–H and O–H groups in total. The Kier molecular flexibility index (Phi) is 3.46. The molecule has 0 radical (unpaired) electrons. The number of benzene rings is 1. The number of carbonyl (C=O) groups excluding carboxylic acids is 1. The maximum Gasteiger partial charge on any atom is 0.224 e. The molecule has 3 heteroatoms. The number of hydrogen-bond donors (Lipinski definition) is 2. The van der Waals surface area contributed by atoms with Gasteiger partial charge in [-0.2, -0.15) is 0 Å². The summed E-state index contributed by atoms with van der Waals surface area (Å²) in [5.41, 5.74) is 4.00. The van der Waals surface area contributed by atoms with Gasteiger partial charge in [0.1, 0.15) is 0 Å². The minimum atomic E-state index is 0.216. The lowest BCUT2D eigenvalue weighted by Crippen LogP contribution is -2.31. The number of rotatable bonds is 4. The molecule has 1 aliphatic heterocycles. The average molecular weight is 284 g/mol. The van der Waals surface area contributed by atoms with Gasteiger partial charge in [0.25, 0.3) is 0 Å². The summed E-state index contributed by atoms with van der Waals surface area (Å²) in [5.74, 6) is 1.91. The first-order valence-electron chi connectivity index (χ1n) is 8.41. The summed E-state index contributed by atoms with van der Waals surface area (Å²) in [7, 11) is 0. The van der Waals surface area contributed by atoms with Gasteiger partial charge in [0, 0.05) is 12.6 Å². The predicted molar refractivity (Wildman–Crippen MR) is 82.9 cm³/mol. The highest BCUT2D eigenvalue weighted by Gasteiger charge is 2.45. The van der Waals surface area contributed by atoms with Crippen LogP contribution in [0, 0.1) is 11.8 Å². The van der Waals surface area contributed by atoms with Crippen LogP contribution < -0.4 is 10.6 Å². The molecular weight excluding hydrogens is 260 g/mol. The monoisotopic (exact) mass is 284 g/mol. The minimum absolute atomic E-state index is 0.216. The van der Waals surface area contributed by atoms with Crippen molar-refractivity contribution in [3.8, 4) is 0 Å². The molecule has 2 fully saturated rings. The Labute approximate surface area is 126 Å². The highest BCUT2D eigenvalue weighted by atomic mass is 16.1. The minimum Gasteiger partial charge on any atom is -0.353 e. The van der Waals surface area contributed by atoms with Crippen molar-refractivity contribution in [1.29, 1.82) is 0 Å². The average Bonchev–Trinajstić information content (AvgIpc) is 3.15. The van der Waals surface area contributed by atoms with Crippen molar-refractivity contribution in [1.82, 2.24) is 10.6 Å². The molecule has 112 valence electrons. The van der Waals surface area contributed by atoms with Crippen molar-refractivity contribution in [3.63, 3.8) is 0 Å². The Bertz CT molecular complexity index is 550. The first kappa shape index (κ1) is 13.3. The molecule has 0 aromatic heterocycles. The van der Waals surface area contributed by atoms with Gasteiger partial charge in [-0.05, 0) is 47.9 Å². The largest absolute Gasteiger partial charge is 0.353 e. The van der Waals surface area contributed by atoms with Crippen molar-refractivity contribution in [2.75, 3.05) is 6.54 Å². The summed E-state index contributed by atoms with van der Waals surface area (Å²) in [6.45, 7) is 1.97. The van der Waals surface area contributed by atoms with Gasteiger partial charge in [-0.25, -0.2) is 0 Å². The number of fused-ring (bicyclic) bond motifs is 1. The van der Waals surface area contributed by atoms with Crippen molar-refractivity contribution < 1.29 is 4.79 Å². The summed E-state index contributed by atoms with van der Waals surface area (Å²) < 4.78 is 0. The van der Waals surface area contributed by atoms with Crippen LogP contribution in [0.1, 0.15) is 42.4 Å². The van der Waals surface area contributed by atoms with Gasteiger partial charge in [0.05, 0.1) is 6.42 Å². The molecule has 0 bridgehead atoms. The maximum atomic E-state index is 12.3. The van der Waals surface area contributed by atoms with Crippen LogP contribution in [0.15, 0.2) is 18.2 Å². The van der Waals surface area contributed by atoms with Gasteiger partial charge in [-0.1, -0.05) is 37.5 Å². The van der Waals surface area contributed by atoms with E-state index >= 15 is 0 Å². The van der Waals surface area contributed by atoms with Crippen molar-refractivity contribution in [2.45, 2.75) is 51.1 Å². The SMILES string of the molecule is O=C(Cc1cccc2c1CCNC2)N[C@@H]1C[C@H]1C1CCC1. The molecule has 2 saturated carbocycles. The standard InChI is InChI=1S/C18H24N2O/c21-18(20-17-10-16(17)12-3-1-4-12)9-13-5-2-6-14-11-19-8-7-15(13)14/h2,5-6,12,16-17,19H,1,3-4,7-11H2,(H,20,21)/t16-,17+/m0/s1. The van der Waals surface area contributed by atoms with E-state index in [2.05, 4.69) is 28.8 Å². The summed E-state index contributed by atoms with van der Waals surface area (Å²) in [6, 6.07) is 6.86. The van der Waals surface area contributed by atoms with E-state index in [0.29, 0.717) is 12.5 Å². The van der Waals surface area contributed by atoms with Crippen LogP contribution in [-0.4, -0.2) is 18.5 Å². The molecule has 4 rings (SSSR count). The molecular formula is C18H24N2O. The van der Waals surface area contributed by atoms with Crippen LogP contribution in [-0.2, 0) is 24.2 Å². The normalized spacial score (nSPS) is 27.6. The zero-order chi connectivity index (χ0) is 14.2. The number of hydrogen-bond acceptors (Lipinski definition) is 2. The molecule has 1 amide bonds. The lowest BCUT2D eigenvalue weighted by molar-refractivity contribution is -0.120. The first-order valence-corrected chi connectivity index (χ1v) is 8.41. The van der Waals surface area contributed by atoms with E-state index in [4.69, 9.17) is 0 Å². The first-order chi connectivity index (χ1) is 10.3. The van der Waals surface area contributed by atoms with E-state index in [9.17, 15) is 4.79 Å². The van der Waals surface area contributed by atoms with Crippen molar-refractivity contribution in [3.05, 3.63) is 34.9 Å². The fraction of sp³-hybridized carbons (Fsp3) is 0.611. The number of amides is 1. The molecule has 0 saturated heterocycles. The molecule has 2 aliphatic carbocycles. The summed E-state index contributed by atoms with van der Waals surface area (Å²) in [5, 5.41) is 6.65. The fourth-order valence-corrected chi connectivity index (χ4v) is 3.98. The Morgan fingerprint density at radius 2 is 2.24 bits per heavy atom. The van der Waals surface area contributed by atoms with E-state index in [-0.39, 0.29) is 5.91 Å². The Morgan fingerprint density at radius 3 is 3.05 bits per heavy atom. The highest BCUT2D eigenvalue weighted by Crippen LogP contribution is 2.46. The molecule has 0 unspecified atom stereocenters. The third kappa shape index (κ3) is 2.71. The van der Waals surface area contributed by atoms with Gasteiger partial charge in [-0.3, -0.25) is 4.79 Å². The molecule has 1 aromatic carbocycles.